The number of rotatable bonds is 4. The molecule has 104 valence electrons. The van der Waals surface area contributed by atoms with Gasteiger partial charge in [0.15, 0.2) is 0 Å². The summed E-state index contributed by atoms with van der Waals surface area (Å²) in [6, 6.07) is 0. The van der Waals surface area contributed by atoms with Crippen LogP contribution in [-0.4, -0.2) is 12.1 Å². The molecule has 0 saturated carbocycles. The lowest BCUT2D eigenvalue weighted by Crippen LogP contribution is -2.39. The molecule has 1 unspecified atom stereocenters. The van der Waals surface area contributed by atoms with Gasteiger partial charge in [0.2, 0.25) is 0 Å². The van der Waals surface area contributed by atoms with Crippen LogP contribution in [0.1, 0.15) is 38.8 Å². The van der Waals surface area contributed by atoms with Crippen molar-refractivity contribution in [3.63, 3.8) is 0 Å². The van der Waals surface area contributed by atoms with Gasteiger partial charge in [-0.15, -0.1) is 0 Å². The predicted octanol–water partition coefficient (Wildman–Crippen LogP) is 4.33. The summed E-state index contributed by atoms with van der Waals surface area (Å²) in [7, 11) is 0. The second-order valence-electron chi connectivity index (χ2n) is 5.75. The molecule has 0 amide bonds. The van der Waals surface area contributed by atoms with Gasteiger partial charge in [-0.25, -0.2) is 0 Å². The van der Waals surface area contributed by atoms with E-state index in [4.69, 9.17) is 0 Å². The molecule has 0 spiro atoms. The van der Waals surface area contributed by atoms with Crippen molar-refractivity contribution in [2.45, 2.75) is 45.8 Å². The van der Waals surface area contributed by atoms with Gasteiger partial charge in [-0.3, -0.25) is 0 Å². The van der Waals surface area contributed by atoms with Crippen molar-refractivity contribution in [3.8, 4) is 0 Å². The number of thiophene rings is 1. The fourth-order valence-electron chi connectivity index (χ4n) is 1.66. The molecule has 1 nitrogen and oxygen atoms in total. The van der Waals surface area contributed by atoms with Crippen LogP contribution in [0.4, 0.5) is 13.2 Å². The van der Waals surface area contributed by atoms with E-state index in [2.05, 4.69) is 5.32 Å². The highest BCUT2D eigenvalue weighted by Gasteiger charge is 2.34. The fourth-order valence-corrected chi connectivity index (χ4v) is 2.53. The van der Waals surface area contributed by atoms with Crippen molar-refractivity contribution in [3.05, 3.63) is 21.9 Å². The molecule has 18 heavy (non-hydrogen) atoms. The van der Waals surface area contributed by atoms with Crippen LogP contribution in [0.5, 0.6) is 0 Å². The number of halogens is 3. The first kappa shape index (κ1) is 15.5. The van der Waals surface area contributed by atoms with Crippen molar-refractivity contribution in [1.82, 2.24) is 5.32 Å². The molecule has 1 N–H and O–H groups in total. The molecule has 0 aromatic carbocycles. The number of hydrogen-bond acceptors (Lipinski definition) is 2. The van der Waals surface area contributed by atoms with Crippen LogP contribution in [0.3, 0.4) is 0 Å². The maximum atomic E-state index is 12.7. The molecule has 1 aromatic heterocycles. The lowest BCUT2D eigenvalue weighted by Gasteiger charge is -2.23. The zero-order chi connectivity index (χ0) is 14.0. The first-order valence-corrected chi connectivity index (χ1v) is 6.91. The molecule has 0 aliphatic rings. The Bertz CT molecular complexity index is 376. The molecule has 1 atom stereocenters. The largest absolute Gasteiger partial charge is 0.417 e. The van der Waals surface area contributed by atoms with Gasteiger partial charge < -0.3 is 5.32 Å². The van der Waals surface area contributed by atoms with Gasteiger partial charge in [-0.1, -0.05) is 6.92 Å². The van der Waals surface area contributed by atoms with Crippen LogP contribution in [0.15, 0.2) is 10.8 Å². The Morgan fingerprint density at radius 2 is 1.83 bits per heavy atom. The second kappa shape index (κ2) is 5.61. The lowest BCUT2D eigenvalue weighted by atomic mass is 9.99. The van der Waals surface area contributed by atoms with Gasteiger partial charge in [0.1, 0.15) is 0 Å². The van der Waals surface area contributed by atoms with E-state index in [0.717, 1.165) is 17.9 Å². The Labute approximate surface area is 110 Å². The quantitative estimate of drug-likeness (QED) is 0.865. The average molecular weight is 279 g/mol. The summed E-state index contributed by atoms with van der Waals surface area (Å²) in [6.45, 7) is 8.83. The molecule has 1 rings (SSSR count). The summed E-state index contributed by atoms with van der Waals surface area (Å²) in [5.74, 6) is 0.180. The first-order valence-electron chi connectivity index (χ1n) is 5.97. The Hall–Kier alpha value is -0.550. The smallest absolute Gasteiger partial charge is 0.312 e. The normalized spacial score (nSPS) is 14.8. The van der Waals surface area contributed by atoms with E-state index in [-0.39, 0.29) is 11.5 Å². The fraction of sp³-hybridized carbons (Fsp3) is 0.692. The molecule has 0 fully saturated rings. The highest BCUT2D eigenvalue weighted by atomic mass is 32.1. The second-order valence-corrected chi connectivity index (χ2v) is 6.49. The first-order chi connectivity index (χ1) is 8.09. The third kappa shape index (κ3) is 4.98. The molecular formula is C13H20F3NS. The Kier molecular flexibility index (Phi) is 4.84. The molecule has 0 radical (unpaired) electrons. The van der Waals surface area contributed by atoms with Crippen LogP contribution in [0.2, 0.25) is 0 Å². The van der Waals surface area contributed by atoms with Crippen LogP contribution in [-0.2, 0) is 12.6 Å². The molecule has 0 aliphatic carbocycles. The molecule has 0 saturated heterocycles. The van der Waals surface area contributed by atoms with Crippen LogP contribution < -0.4 is 5.32 Å². The van der Waals surface area contributed by atoms with E-state index in [1.807, 2.05) is 27.7 Å². The predicted molar refractivity (Wildman–Crippen MR) is 69.9 cm³/mol. The lowest BCUT2D eigenvalue weighted by molar-refractivity contribution is -0.137. The van der Waals surface area contributed by atoms with Crippen LogP contribution in [0.25, 0.3) is 0 Å². The van der Waals surface area contributed by atoms with E-state index in [0.29, 0.717) is 12.0 Å². The topological polar surface area (TPSA) is 12.0 Å². The minimum atomic E-state index is -4.23. The van der Waals surface area contributed by atoms with Gasteiger partial charge in [0, 0.05) is 10.9 Å². The van der Waals surface area contributed by atoms with E-state index in [9.17, 15) is 13.2 Å². The van der Waals surface area contributed by atoms with E-state index < -0.39 is 11.7 Å². The standard InChI is InChI=1S/C13H20F3NS/c1-9(6-17-12(2,3)4)5-10-7-18-8-11(10)13(14,15)16/h7-9,17H,5-6H2,1-4H3. The molecular weight excluding hydrogens is 259 g/mol. The van der Waals surface area contributed by atoms with Gasteiger partial charge in [-0.2, -0.15) is 24.5 Å². The summed E-state index contributed by atoms with van der Waals surface area (Å²) < 4.78 is 38.1. The summed E-state index contributed by atoms with van der Waals surface area (Å²) >= 11 is 1.12. The number of nitrogens with one attached hydrogen (secondary N) is 1. The molecule has 0 bridgehead atoms. The minimum Gasteiger partial charge on any atom is -0.312 e. The third-order valence-corrected chi connectivity index (χ3v) is 3.39. The van der Waals surface area contributed by atoms with Crippen molar-refractivity contribution >= 4 is 11.3 Å². The van der Waals surface area contributed by atoms with E-state index >= 15 is 0 Å². The summed E-state index contributed by atoms with van der Waals surface area (Å²) in [5, 5.41) is 6.12. The van der Waals surface area contributed by atoms with E-state index in [1.165, 1.54) is 5.38 Å². The van der Waals surface area contributed by atoms with Crippen LogP contribution >= 0.6 is 11.3 Å². The van der Waals surface area contributed by atoms with Crippen molar-refractivity contribution in [2.75, 3.05) is 6.54 Å². The van der Waals surface area contributed by atoms with Crippen molar-refractivity contribution < 1.29 is 13.2 Å². The highest BCUT2D eigenvalue weighted by Crippen LogP contribution is 2.35. The maximum Gasteiger partial charge on any atom is 0.417 e. The Balaban J connectivity index is 2.60. The summed E-state index contributed by atoms with van der Waals surface area (Å²) in [5.41, 5.74) is -0.0683. The number of alkyl halides is 3. The zero-order valence-electron chi connectivity index (χ0n) is 11.2. The summed E-state index contributed by atoms with van der Waals surface area (Å²) in [6.07, 6.45) is -3.77. The van der Waals surface area contributed by atoms with Gasteiger partial charge >= 0.3 is 6.18 Å². The zero-order valence-corrected chi connectivity index (χ0v) is 12.0. The molecule has 0 aliphatic heterocycles. The molecule has 1 heterocycles. The van der Waals surface area contributed by atoms with Gasteiger partial charge in [-0.05, 0) is 50.6 Å². The van der Waals surface area contributed by atoms with Gasteiger partial charge in [0.25, 0.3) is 0 Å². The van der Waals surface area contributed by atoms with Crippen molar-refractivity contribution in [1.29, 1.82) is 0 Å². The SMILES string of the molecule is CC(CNC(C)(C)C)Cc1cscc1C(F)(F)F. The summed E-state index contributed by atoms with van der Waals surface area (Å²) in [4.78, 5) is 0. The van der Waals surface area contributed by atoms with Crippen molar-refractivity contribution in [2.24, 2.45) is 5.92 Å². The van der Waals surface area contributed by atoms with Crippen LogP contribution in [0, 0.1) is 5.92 Å². The number of hydrogen-bond donors (Lipinski definition) is 1. The maximum absolute atomic E-state index is 12.7. The minimum absolute atomic E-state index is 0.00420. The Morgan fingerprint density at radius 1 is 1.22 bits per heavy atom. The monoisotopic (exact) mass is 279 g/mol. The van der Waals surface area contributed by atoms with Gasteiger partial charge in [0.05, 0.1) is 5.56 Å². The third-order valence-electron chi connectivity index (χ3n) is 2.60. The Morgan fingerprint density at radius 3 is 2.33 bits per heavy atom. The van der Waals surface area contributed by atoms with E-state index in [1.54, 1.807) is 5.38 Å². The molecule has 1 aromatic rings. The molecule has 5 heteroatoms. The highest BCUT2D eigenvalue weighted by molar-refractivity contribution is 7.08. The average Bonchev–Trinajstić information content (AvgIpc) is 2.61.